The number of pyridine rings is 2. The van der Waals surface area contributed by atoms with Crippen LogP contribution in [0.25, 0.3) is 16.0 Å². The average Bonchev–Trinajstić information content (AvgIpc) is 3.25. The third kappa shape index (κ3) is 5.07. The van der Waals surface area contributed by atoms with Gasteiger partial charge in [0, 0.05) is 48.3 Å². The minimum Gasteiger partial charge on any atom is -0.375 e. The van der Waals surface area contributed by atoms with E-state index in [1.54, 1.807) is 47.5 Å². The van der Waals surface area contributed by atoms with E-state index < -0.39 is 16.1 Å². The molecule has 14 heteroatoms. The van der Waals surface area contributed by atoms with Crippen LogP contribution >= 0.6 is 22.9 Å². The van der Waals surface area contributed by atoms with Gasteiger partial charge in [0.25, 0.3) is 5.91 Å². The van der Waals surface area contributed by atoms with E-state index >= 15 is 0 Å². The van der Waals surface area contributed by atoms with Gasteiger partial charge in [-0.3, -0.25) is 19.4 Å². The average molecular weight is 600 g/mol. The first-order valence-electron chi connectivity index (χ1n) is 13.1. The summed E-state index contributed by atoms with van der Waals surface area (Å²) in [6, 6.07) is 6.71. The number of aromatic nitrogens is 4. The number of thiazole rings is 1. The Kier molecular flexibility index (Phi) is 6.50. The van der Waals surface area contributed by atoms with Crippen LogP contribution in [0.1, 0.15) is 40.8 Å². The molecule has 0 spiro atoms. The van der Waals surface area contributed by atoms with Crippen LogP contribution in [-0.4, -0.2) is 75.9 Å². The molecule has 3 aliphatic rings. The van der Waals surface area contributed by atoms with Gasteiger partial charge in [-0.15, -0.1) is 11.3 Å². The molecular weight excluding hydrogens is 574 g/mol. The molecule has 4 aromatic rings. The molecule has 6 heterocycles. The molecule has 4 aromatic heterocycles. The van der Waals surface area contributed by atoms with Gasteiger partial charge in [0.05, 0.1) is 52.0 Å². The first-order chi connectivity index (χ1) is 19.3. The molecule has 1 amide bonds. The molecule has 40 heavy (non-hydrogen) atoms. The summed E-state index contributed by atoms with van der Waals surface area (Å²) in [5.41, 5.74) is 2.66. The second-order valence-electron chi connectivity index (χ2n) is 10.4. The lowest BCUT2D eigenvalue weighted by Crippen LogP contribution is -2.44. The first-order valence-corrected chi connectivity index (χ1v) is 15.8. The maximum atomic E-state index is 13.5. The molecule has 2 N–H and O–H groups in total. The number of halogens is 1. The lowest BCUT2D eigenvalue weighted by atomic mass is 10.1. The van der Waals surface area contributed by atoms with Crippen molar-refractivity contribution in [1.82, 2.24) is 29.8 Å². The lowest BCUT2D eigenvalue weighted by molar-refractivity contribution is 0.0265. The number of hydrogen-bond acceptors (Lipinski definition) is 9. The normalized spacial score (nSPS) is 21.6. The molecule has 7 rings (SSSR count). The molecule has 1 saturated carbocycles. The number of likely N-dealkylation sites (tertiary alicyclic amines) is 1. The second-order valence-corrected chi connectivity index (χ2v) is 13.8. The Morgan fingerprint density at radius 2 is 2.10 bits per heavy atom. The highest BCUT2D eigenvalue weighted by molar-refractivity contribution is 7.93. The summed E-state index contributed by atoms with van der Waals surface area (Å²) in [5.74, 6) is -0.331. The summed E-state index contributed by atoms with van der Waals surface area (Å²) in [7, 11) is -3.43. The number of carbonyl (C=O) groups excluding carboxylic acids is 1. The van der Waals surface area contributed by atoms with Gasteiger partial charge < -0.3 is 10.1 Å². The predicted molar refractivity (Wildman–Crippen MR) is 151 cm³/mol. The Morgan fingerprint density at radius 3 is 2.88 bits per heavy atom. The number of nitrogens with zero attached hydrogens (tertiary/aromatic N) is 5. The summed E-state index contributed by atoms with van der Waals surface area (Å²) in [6.45, 7) is 1.97. The molecule has 3 fully saturated rings. The Hall–Kier alpha value is -3.10. The topological polar surface area (TPSA) is 131 Å². The highest BCUT2D eigenvalue weighted by Crippen LogP contribution is 2.33. The van der Waals surface area contributed by atoms with Crippen molar-refractivity contribution in [3.8, 4) is 10.4 Å². The molecule has 1 aliphatic carbocycles. The van der Waals surface area contributed by atoms with Crippen LogP contribution in [-0.2, 0) is 14.8 Å². The number of anilines is 1. The van der Waals surface area contributed by atoms with Crippen LogP contribution < -0.4 is 10.0 Å². The Bertz CT molecular complexity index is 1700. The number of amides is 1. The van der Waals surface area contributed by atoms with Gasteiger partial charge in [-0.25, -0.2) is 17.9 Å². The van der Waals surface area contributed by atoms with Crippen LogP contribution in [0.3, 0.4) is 0 Å². The van der Waals surface area contributed by atoms with Gasteiger partial charge in [-0.05, 0) is 43.5 Å². The van der Waals surface area contributed by atoms with E-state index in [0.29, 0.717) is 47.4 Å². The number of rotatable bonds is 9. The maximum Gasteiger partial charge on any atom is 0.280 e. The third-order valence-corrected chi connectivity index (χ3v) is 10.7. The molecule has 2 aliphatic heterocycles. The van der Waals surface area contributed by atoms with Crippen LogP contribution in [0.5, 0.6) is 0 Å². The van der Waals surface area contributed by atoms with Crippen molar-refractivity contribution in [3.05, 3.63) is 64.8 Å². The molecule has 1 unspecified atom stereocenters. The third-order valence-electron chi connectivity index (χ3n) is 7.55. The number of sulfonamides is 1. The van der Waals surface area contributed by atoms with Crippen LogP contribution in [0.4, 0.5) is 5.69 Å². The fraction of sp³-hybridized carbons (Fsp3) is 0.385. The molecular formula is C26H26ClN7O4S2. The maximum absolute atomic E-state index is 13.5. The molecule has 208 valence electrons. The molecule has 11 nitrogen and oxygen atoms in total. The standard InChI is InChI=1S/C26H26ClN7O4S2/c27-15-4-6-34-23(7-15)20(10-30-34)24-11-29-26(39-24)25(35)31-22(13-33-12-18-9-17(33)14-38-18)21-8-16(3-5-28-21)32-40(36,37)19-1-2-19/h3-8,10-11,17-19,22H,1-2,9,12-14H2,(H,28,32)(H,31,35)/t17-,18-,22?/m1/s1. The van der Waals surface area contributed by atoms with Gasteiger partial charge in [0.15, 0.2) is 5.01 Å². The molecule has 0 aromatic carbocycles. The van der Waals surface area contributed by atoms with Crippen molar-refractivity contribution >= 4 is 50.1 Å². The molecule has 3 atom stereocenters. The fourth-order valence-electron chi connectivity index (χ4n) is 5.35. The molecule has 2 bridgehead atoms. The predicted octanol–water partition coefficient (Wildman–Crippen LogP) is 3.35. The number of morpholine rings is 1. The van der Waals surface area contributed by atoms with Gasteiger partial charge in [-0.1, -0.05) is 11.6 Å². The zero-order chi connectivity index (χ0) is 27.4. The van der Waals surface area contributed by atoms with E-state index in [1.165, 1.54) is 11.3 Å². The minimum absolute atomic E-state index is 0.201. The lowest BCUT2D eigenvalue weighted by Gasteiger charge is -2.30. The quantitative estimate of drug-likeness (QED) is 0.299. The van der Waals surface area contributed by atoms with E-state index in [1.807, 2.05) is 6.07 Å². The molecule has 2 saturated heterocycles. The number of ether oxygens (including phenoxy) is 1. The summed E-state index contributed by atoms with van der Waals surface area (Å²) in [6.07, 6.45) is 9.24. The van der Waals surface area contributed by atoms with E-state index in [0.717, 1.165) is 28.9 Å². The van der Waals surface area contributed by atoms with Crippen LogP contribution in [0.15, 0.2) is 49.1 Å². The van der Waals surface area contributed by atoms with Gasteiger partial charge in [0.1, 0.15) is 0 Å². The zero-order valence-corrected chi connectivity index (χ0v) is 23.6. The smallest absolute Gasteiger partial charge is 0.280 e. The van der Waals surface area contributed by atoms with Crippen LogP contribution in [0, 0.1) is 0 Å². The monoisotopic (exact) mass is 599 g/mol. The first kappa shape index (κ1) is 25.8. The largest absolute Gasteiger partial charge is 0.375 e. The number of carbonyl (C=O) groups is 1. The van der Waals surface area contributed by atoms with Gasteiger partial charge in [-0.2, -0.15) is 5.10 Å². The van der Waals surface area contributed by atoms with E-state index in [-0.39, 0.29) is 23.3 Å². The zero-order valence-electron chi connectivity index (χ0n) is 21.2. The van der Waals surface area contributed by atoms with Crippen molar-refractivity contribution in [1.29, 1.82) is 0 Å². The Balaban J connectivity index is 1.14. The van der Waals surface area contributed by atoms with E-state index in [4.69, 9.17) is 16.3 Å². The van der Waals surface area contributed by atoms with E-state index in [9.17, 15) is 13.2 Å². The highest BCUT2D eigenvalue weighted by Gasteiger charge is 2.40. The Morgan fingerprint density at radius 1 is 1.23 bits per heavy atom. The number of nitrogens with one attached hydrogen (secondary N) is 2. The summed E-state index contributed by atoms with van der Waals surface area (Å²) < 4.78 is 35.2. The summed E-state index contributed by atoms with van der Waals surface area (Å²) in [4.78, 5) is 25.5. The number of hydrogen-bond donors (Lipinski definition) is 2. The molecule has 0 radical (unpaired) electrons. The second kappa shape index (κ2) is 10.1. The number of fused-ring (bicyclic) bond motifs is 3. The SMILES string of the molecule is O=C(NC(CN1C[C@H]2C[C@@H]1CO2)c1cc(NS(=O)(=O)C2CC2)ccn1)c1ncc(-c2cnn3ccc(Cl)cc23)s1. The van der Waals surface area contributed by atoms with Crippen molar-refractivity contribution in [2.24, 2.45) is 0 Å². The van der Waals surface area contributed by atoms with Crippen LogP contribution in [0.2, 0.25) is 5.02 Å². The van der Waals surface area contributed by atoms with Gasteiger partial charge in [0.2, 0.25) is 10.0 Å². The summed E-state index contributed by atoms with van der Waals surface area (Å²) in [5, 5.41) is 8.03. The highest BCUT2D eigenvalue weighted by atomic mass is 35.5. The summed E-state index contributed by atoms with van der Waals surface area (Å²) >= 11 is 7.46. The van der Waals surface area contributed by atoms with E-state index in [2.05, 4.69) is 30.0 Å². The van der Waals surface area contributed by atoms with Crippen molar-refractivity contribution < 1.29 is 17.9 Å². The Labute approximate surface area is 239 Å². The minimum atomic E-state index is -3.43. The van der Waals surface area contributed by atoms with Gasteiger partial charge >= 0.3 is 0 Å². The van der Waals surface area contributed by atoms with Crippen molar-refractivity contribution in [2.75, 3.05) is 24.4 Å². The fourth-order valence-corrected chi connectivity index (χ4v) is 7.72. The van der Waals surface area contributed by atoms with Crippen molar-refractivity contribution in [3.63, 3.8) is 0 Å². The van der Waals surface area contributed by atoms with Crippen molar-refractivity contribution in [2.45, 2.75) is 42.7 Å².